The van der Waals surface area contributed by atoms with Crippen molar-refractivity contribution in [3.05, 3.63) is 48.5 Å². The maximum absolute atomic E-state index is 12.4. The third kappa shape index (κ3) is 4.96. The highest BCUT2D eigenvalue weighted by Crippen LogP contribution is 2.24. The van der Waals surface area contributed by atoms with Crippen molar-refractivity contribution < 1.29 is 22.7 Å². The Morgan fingerprint density at radius 1 is 1.12 bits per heavy atom. The summed E-state index contributed by atoms with van der Waals surface area (Å²) in [6.45, 7) is 3.76. The minimum absolute atomic E-state index is 0.0488. The van der Waals surface area contributed by atoms with Crippen molar-refractivity contribution in [3.8, 4) is 11.5 Å². The molecule has 2 aromatic rings. The molecule has 1 atom stereocenters. The topological polar surface area (TPSA) is 93.7 Å². The molecule has 2 N–H and O–H groups in total. The molecule has 0 fully saturated rings. The van der Waals surface area contributed by atoms with Gasteiger partial charge in [-0.05, 0) is 50.2 Å². The van der Waals surface area contributed by atoms with Gasteiger partial charge in [0.05, 0.1) is 30.3 Å². The first-order valence-electron chi connectivity index (χ1n) is 8.06. The Bertz CT molecular complexity index is 850. The van der Waals surface area contributed by atoms with E-state index in [0.29, 0.717) is 23.8 Å². The molecule has 0 aliphatic carbocycles. The molecule has 0 bridgehead atoms. The van der Waals surface area contributed by atoms with Gasteiger partial charge in [-0.3, -0.25) is 4.79 Å². The molecule has 0 radical (unpaired) electrons. The number of para-hydroxylation sites is 2. The molecule has 0 saturated heterocycles. The molecule has 2 rings (SSSR count). The summed E-state index contributed by atoms with van der Waals surface area (Å²) >= 11 is 0. The predicted octanol–water partition coefficient (Wildman–Crippen LogP) is 2.40. The average Bonchev–Trinajstić information content (AvgIpc) is 2.63. The van der Waals surface area contributed by atoms with Crippen molar-refractivity contribution in [3.63, 3.8) is 0 Å². The summed E-state index contributed by atoms with van der Waals surface area (Å²) in [4.78, 5) is 12.4. The molecular weight excluding hydrogens is 356 g/mol. The fourth-order valence-electron chi connectivity index (χ4n) is 2.20. The normalized spacial score (nSPS) is 12.3. The van der Waals surface area contributed by atoms with E-state index in [9.17, 15) is 13.2 Å². The van der Waals surface area contributed by atoms with E-state index in [2.05, 4.69) is 10.0 Å². The van der Waals surface area contributed by atoms with Crippen LogP contribution in [0.1, 0.15) is 13.8 Å². The maximum atomic E-state index is 12.4. The van der Waals surface area contributed by atoms with Crippen LogP contribution in [0.5, 0.6) is 11.5 Å². The Balaban J connectivity index is 2.08. The lowest BCUT2D eigenvalue weighted by Gasteiger charge is -2.16. The minimum Gasteiger partial charge on any atom is -0.497 e. The molecule has 7 nitrogen and oxygen atoms in total. The third-order valence-electron chi connectivity index (χ3n) is 3.54. The molecular formula is C18H22N2O5S. The van der Waals surface area contributed by atoms with Crippen LogP contribution >= 0.6 is 0 Å². The van der Waals surface area contributed by atoms with Crippen LogP contribution in [0.3, 0.4) is 0 Å². The molecule has 2 aromatic carbocycles. The highest BCUT2D eigenvalue weighted by molar-refractivity contribution is 7.89. The van der Waals surface area contributed by atoms with Gasteiger partial charge in [-0.25, -0.2) is 8.42 Å². The molecule has 0 heterocycles. The second-order valence-corrected chi connectivity index (χ2v) is 7.15. The van der Waals surface area contributed by atoms with Gasteiger partial charge in [0.2, 0.25) is 15.9 Å². The summed E-state index contributed by atoms with van der Waals surface area (Å²) in [5.41, 5.74) is 0.481. The van der Waals surface area contributed by atoms with Gasteiger partial charge in [0.25, 0.3) is 0 Å². The number of rotatable bonds is 8. The average molecular weight is 378 g/mol. The van der Waals surface area contributed by atoms with Crippen molar-refractivity contribution in [2.45, 2.75) is 24.8 Å². The standard InChI is InChI=1S/C18H22N2O5S/c1-4-25-17-8-6-5-7-16(17)19-18(21)13(2)20-26(22,23)15-11-9-14(24-3)10-12-15/h5-13,20H,4H2,1-3H3,(H,19,21)/t13-/m0/s1. The second kappa shape index (κ2) is 8.68. The number of nitrogens with one attached hydrogen (secondary N) is 2. The summed E-state index contributed by atoms with van der Waals surface area (Å²) < 4.78 is 37.6. The lowest BCUT2D eigenvalue weighted by atomic mass is 10.2. The van der Waals surface area contributed by atoms with Crippen LogP contribution in [0.2, 0.25) is 0 Å². The fraction of sp³-hybridized carbons (Fsp3) is 0.278. The lowest BCUT2D eigenvalue weighted by molar-refractivity contribution is -0.117. The predicted molar refractivity (Wildman–Crippen MR) is 99.0 cm³/mol. The van der Waals surface area contributed by atoms with Gasteiger partial charge in [0, 0.05) is 0 Å². The Morgan fingerprint density at radius 3 is 2.38 bits per heavy atom. The van der Waals surface area contributed by atoms with E-state index >= 15 is 0 Å². The summed E-state index contributed by atoms with van der Waals surface area (Å²) in [6.07, 6.45) is 0. The molecule has 8 heteroatoms. The van der Waals surface area contributed by atoms with Crippen molar-refractivity contribution in [1.29, 1.82) is 0 Å². The molecule has 0 spiro atoms. The molecule has 0 aliphatic heterocycles. The molecule has 0 unspecified atom stereocenters. The van der Waals surface area contributed by atoms with E-state index in [1.54, 1.807) is 24.3 Å². The zero-order chi connectivity index (χ0) is 19.2. The third-order valence-corrected chi connectivity index (χ3v) is 5.10. The number of hydrogen-bond acceptors (Lipinski definition) is 5. The van der Waals surface area contributed by atoms with Crippen LogP contribution in [-0.4, -0.2) is 34.1 Å². The van der Waals surface area contributed by atoms with E-state index in [1.165, 1.54) is 38.3 Å². The number of methoxy groups -OCH3 is 1. The van der Waals surface area contributed by atoms with Crippen LogP contribution in [0.4, 0.5) is 5.69 Å². The van der Waals surface area contributed by atoms with Gasteiger partial charge >= 0.3 is 0 Å². The summed E-state index contributed by atoms with van der Waals surface area (Å²) in [5.74, 6) is 0.574. The van der Waals surface area contributed by atoms with Gasteiger partial charge in [0.15, 0.2) is 0 Å². The SMILES string of the molecule is CCOc1ccccc1NC(=O)[C@H](C)NS(=O)(=O)c1ccc(OC)cc1. The molecule has 26 heavy (non-hydrogen) atoms. The first-order valence-corrected chi connectivity index (χ1v) is 9.54. The molecule has 1 amide bonds. The van der Waals surface area contributed by atoms with E-state index in [1.807, 2.05) is 6.92 Å². The van der Waals surface area contributed by atoms with Gasteiger partial charge in [0.1, 0.15) is 11.5 Å². The number of benzene rings is 2. The number of anilines is 1. The van der Waals surface area contributed by atoms with Crippen molar-refractivity contribution in [2.75, 3.05) is 19.0 Å². The van der Waals surface area contributed by atoms with Gasteiger partial charge in [-0.15, -0.1) is 0 Å². The van der Waals surface area contributed by atoms with Crippen molar-refractivity contribution >= 4 is 21.6 Å². The largest absolute Gasteiger partial charge is 0.497 e. The molecule has 140 valence electrons. The summed E-state index contributed by atoms with van der Waals surface area (Å²) in [6, 6.07) is 11.9. The van der Waals surface area contributed by atoms with E-state index in [4.69, 9.17) is 9.47 Å². The van der Waals surface area contributed by atoms with Gasteiger partial charge in [-0.1, -0.05) is 12.1 Å². The summed E-state index contributed by atoms with van der Waals surface area (Å²) in [7, 11) is -2.35. The van der Waals surface area contributed by atoms with Crippen LogP contribution in [-0.2, 0) is 14.8 Å². The Labute approximate surface area is 153 Å². The second-order valence-electron chi connectivity index (χ2n) is 5.44. The van der Waals surface area contributed by atoms with Crippen molar-refractivity contribution in [2.24, 2.45) is 0 Å². The zero-order valence-electron chi connectivity index (χ0n) is 14.9. The zero-order valence-corrected chi connectivity index (χ0v) is 15.7. The van der Waals surface area contributed by atoms with E-state index in [-0.39, 0.29) is 4.90 Å². The first kappa shape index (κ1) is 19.7. The first-order chi connectivity index (χ1) is 12.4. The van der Waals surface area contributed by atoms with Gasteiger partial charge < -0.3 is 14.8 Å². The monoisotopic (exact) mass is 378 g/mol. The minimum atomic E-state index is -3.84. The highest BCUT2D eigenvalue weighted by atomic mass is 32.2. The number of hydrogen-bond donors (Lipinski definition) is 2. The number of amides is 1. The lowest BCUT2D eigenvalue weighted by Crippen LogP contribution is -2.41. The molecule has 0 saturated carbocycles. The molecule has 0 aromatic heterocycles. The van der Waals surface area contributed by atoms with Crippen LogP contribution in [0.25, 0.3) is 0 Å². The summed E-state index contributed by atoms with van der Waals surface area (Å²) in [5, 5.41) is 2.68. The molecule has 0 aliphatic rings. The smallest absolute Gasteiger partial charge is 0.242 e. The highest BCUT2D eigenvalue weighted by Gasteiger charge is 2.22. The number of sulfonamides is 1. The quantitative estimate of drug-likeness (QED) is 0.736. The van der Waals surface area contributed by atoms with E-state index < -0.39 is 22.0 Å². The van der Waals surface area contributed by atoms with Crippen LogP contribution in [0.15, 0.2) is 53.4 Å². The van der Waals surface area contributed by atoms with Crippen LogP contribution < -0.4 is 19.5 Å². The number of carbonyl (C=O) groups excluding carboxylic acids is 1. The van der Waals surface area contributed by atoms with Crippen molar-refractivity contribution in [1.82, 2.24) is 4.72 Å². The van der Waals surface area contributed by atoms with E-state index in [0.717, 1.165) is 0 Å². The van der Waals surface area contributed by atoms with Gasteiger partial charge in [-0.2, -0.15) is 4.72 Å². The van der Waals surface area contributed by atoms with Crippen LogP contribution in [0, 0.1) is 0 Å². The maximum Gasteiger partial charge on any atom is 0.242 e. The Hall–Kier alpha value is -2.58. The number of ether oxygens (including phenoxy) is 2. The fourth-order valence-corrected chi connectivity index (χ4v) is 3.40. The number of carbonyl (C=O) groups is 1. The Morgan fingerprint density at radius 2 is 1.77 bits per heavy atom. The Kier molecular flexibility index (Phi) is 6.59.